The van der Waals surface area contributed by atoms with Crippen LogP contribution in [-0.2, 0) is 9.53 Å². The number of carbonyl (C=O) groups excluding carboxylic acids is 2. The van der Waals surface area contributed by atoms with E-state index in [1.165, 1.54) is 26.2 Å². The first-order valence-electron chi connectivity index (χ1n) is 7.52. The summed E-state index contributed by atoms with van der Waals surface area (Å²) in [6, 6.07) is 6.38. The molecule has 0 aliphatic heterocycles. The molecule has 0 amide bonds. The molecule has 0 heterocycles. The molecule has 4 heteroatoms. The smallest absolute Gasteiger partial charge is 0.338 e. The number of unbranched alkanes of at least 4 members (excludes halogenated alkanes) is 3. The second kappa shape index (κ2) is 9.16. The normalized spacial score (nSPS) is 11.8. The summed E-state index contributed by atoms with van der Waals surface area (Å²) in [4.78, 5) is 22.8. The predicted octanol–water partition coefficient (Wildman–Crippen LogP) is 4.13. The van der Waals surface area contributed by atoms with Gasteiger partial charge in [-0.05, 0) is 44.0 Å². The van der Waals surface area contributed by atoms with E-state index in [0.29, 0.717) is 11.3 Å². The molecule has 0 fully saturated rings. The molecule has 0 bridgehead atoms. The minimum atomic E-state index is -0.383. The standard InChI is InChI=1S/C17H24O4/c1-4-5-6-7-8-13(2)20-17(19)15-9-11-16(12-10-15)21-14(3)18/h9-13H,4-8H2,1-3H3/t13-/m1/s1. The van der Waals surface area contributed by atoms with Crippen LogP contribution in [0.4, 0.5) is 0 Å². The van der Waals surface area contributed by atoms with Crippen LogP contribution < -0.4 is 4.74 Å². The van der Waals surface area contributed by atoms with Gasteiger partial charge in [0.2, 0.25) is 0 Å². The van der Waals surface area contributed by atoms with Gasteiger partial charge in [0, 0.05) is 6.92 Å². The molecule has 0 aromatic heterocycles. The molecule has 1 aromatic carbocycles. The predicted molar refractivity (Wildman–Crippen MR) is 81.4 cm³/mol. The highest BCUT2D eigenvalue weighted by Gasteiger charge is 2.12. The highest BCUT2D eigenvalue weighted by atomic mass is 16.5. The highest BCUT2D eigenvalue weighted by Crippen LogP contribution is 2.15. The first kappa shape index (κ1) is 17.2. The van der Waals surface area contributed by atoms with E-state index in [2.05, 4.69) is 6.92 Å². The van der Waals surface area contributed by atoms with Gasteiger partial charge in [0.1, 0.15) is 5.75 Å². The second-order valence-electron chi connectivity index (χ2n) is 5.18. The monoisotopic (exact) mass is 292 g/mol. The van der Waals surface area contributed by atoms with Crippen LogP contribution in [0.25, 0.3) is 0 Å². The van der Waals surface area contributed by atoms with Crippen LogP contribution in [0.1, 0.15) is 63.2 Å². The molecule has 21 heavy (non-hydrogen) atoms. The summed E-state index contributed by atoms with van der Waals surface area (Å²) in [5.74, 6) is -0.301. The van der Waals surface area contributed by atoms with Gasteiger partial charge < -0.3 is 9.47 Å². The topological polar surface area (TPSA) is 52.6 Å². The molecule has 0 unspecified atom stereocenters. The fourth-order valence-electron chi connectivity index (χ4n) is 1.99. The maximum Gasteiger partial charge on any atom is 0.338 e. The van der Waals surface area contributed by atoms with Crippen LogP contribution in [0.3, 0.4) is 0 Å². The summed E-state index contributed by atoms with van der Waals surface area (Å²) in [7, 11) is 0. The maximum atomic E-state index is 11.9. The Morgan fingerprint density at radius 1 is 1.10 bits per heavy atom. The molecule has 1 atom stereocenters. The first-order valence-corrected chi connectivity index (χ1v) is 7.52. The number of benzene rings is 1. The molecule has 0 spiro atoms. The molecule has 1 rings (SSSR count). The summed E-state index contributed by atoms with van der Waals surface area (Å²) in [5, 5.41) is 0. The summed E-state index contributed by atoms with van der Waals surface area (Å²) in [6.07, 6.45) is 5.48. The molecular weight excluding hydrogens is 268 g/mol. The Bertz CT molecular complexity index is 450. The number of rotatable bonds is 8. The first-order chi connectivity index (χ1) is 10.0. The van der Waals surface area contributed by atoms with Crippen molar-refractivity contribution >= 4 is 11.9 Å². The van der Waals surface area contributed by atoms with Crippen molar-refractivity contribution in [2.45, 2.75) is 59.0 Å². The maximum absolute atomic E-state index is 11.9. The second-order valence-corrected chi connectivity index (χ2v) is 5.18. The fraction of sp³-hybridized carbons (Fsp3) is 0.529. The molecule has 0 aliphatic rings. The van der Waals surface area contributed by atoms with Crippen molar-refractivity contribution in [3.05, 3.63) is 29.8 Å². The molecule has 0 radical (unpaired) electrons. The molecule has 0 aliphatic carbocycles. The van der Waals surface area contributed by atoms with Crippen molar-refractivity contribution in [3.8, 4) is 5.75 Å². The van der Waals surface area contributed by atoms with Crippen molar-refractivity contribution in [3.63, 3.8) is 0 Å². The van der Waals surface area contributed by atoms with Gasteiger partial charge in [-0.3, -0.25) is 4.79 Å². The van der Waals surface area contributed by atoms with Gasteiger partial charge in [0.25, 0.3) is 0 Å². The third-order valence-electron chi connectivity index (χ3n) is 3.12. The fourth-order valence-corrected chi connectivity index (χ4v) is 1.99. The highest BCUT2D eigenvalue weighted by molar-refractivity contribution is 5.89. The Balaban J connectivity index is 2.42. The van der Waals surface area contributed by atoms with Crippen molar-refractivity contribution in [2.75, 3.05) is 0 Å². The van der Waals surface area contributed by atoms with Crippen molar-refractivity contribution in [2.24, 2.45) is 0 Å². The Morgan fingerprint density at radius 3 is 2.33 bits per heavy atom. The number of hydrogen-bond donors (Lipinski definition) is 0. The summed E-state index contributed by atoms with van der Waals surface area (Å²) in [5.41, 5.74) is 0.464. The minimum absolute atomic E-state index is 0.0810. The average molecular weight is 292 g/mol. The van der Waals surface area contributed by atoms with Crippen LogP contribution in [0.5, 0.6) is 5.75 Å². The van der Waals surface area contributed by atoms with Gasteiger partial charge in [-0.1, -0.05) is 26.2 Å². The Labute approximate surface area is 126 Å². The SMILES string of the molecule is CCCCCC[C@@H](C)OC(=O)c1ccc(OC(C)=O)cc1. The van der Waals surface area contributed by atoms with E-state index >= 15 is 0 Å². The van der Waals surface area contributed by atoms with Crippen LogP contribution in [-0.4, -0.2) is 18.0 Å². The number of esters is 2. The lowest BCUT2D eigenvalue weighted by Crippen LogP contribution is -2.15. The van der Waals surface area contributed by atoms with Crippen LogP contribution in [0, 0.1) is 0 Å². The largest absolute Gasteiger partial charge is 0.459 e. The summed E-state index contributed by atoms with van der Waals surface area (Å²) in [6.45, 7) is 5.42. The van der Waals surface area contributed by atoms with Gasteiger partial charge in [0.05, 0.1) is 11.7 Å². The van der Waals surface area contributed by atoms with E-state index in [4.69, 9.17) is 9.47 Å². The lowest BCUT2D eigenvalue weighted by atomic mass is 10.1. The zero-order valence-corrected chi connectivity index (χ0v) is 13.1. The lowest BCUT2D eigenvalue weighted by molar-refractivity contribution is -0.131. The molecule has 4 nitrogen and oxygen atoms in total. The molecule has 116 valence electrons. The molecule has 0 N–H and O–H groups in total. The molecule has 0 saturated heterocycles. The van der Waals surface area contributed by atoms with Crippen molar-refractivity contribution < 1.29 is 19.1 Å². The van der Waals surface area contributed by atoms with Gasteiger partial charge >= 0.3 is 11.9 Å². The number of hydrogen-bond acceptors (Lipinski definition) is 4. The van der Waals surface area contributed by atoms with Gasteiger partial charge in [-0.25, -0.2) is 4.79 Å². The molecule has 0 saturated carbocycles. The van der Waals surface area contributed by atoms with Crippen molar-refractivity contribution in [1.29, 1.82) is 0 Å². The number of ether oxygens (including phenoxy) is 2. The van der Waals surface area contributed by atoms with Gasteiger partial charge in [-0.15, -0.1) is 0 Å². The van der Waals surface area contributed by atoms with Crippen LogP contribution >= 0.6 is 0 Å². The van der Waals surface area contributed by atoms with E-state index in [-0.39, 0.29) is 18.0 Å². The molecule has 1 aromatic rings. The van der Waals surface area contributed by atoms with E-state index in [9.17, 15) is 9.59 Å². The van der Waals surface area contributed by atoms with E-state index in [1.807, 2.05) is 6.92 Å². The lowest BCUT2D eigenvalue weighted by Gasteiger charge is -2.13. The van der Waals surface area contributed by atoms with Gasteiger partial charge in [0.15, 0.2) is 0 Å². The Morgan fingerprint density at radius 2 is 1.76 bits per heavy atom. The third kappa shape index (κ3) is 6.93. The zero-order valence-electron chi connectivity index (χ0n) is 13.1. The van der Waals surface area contributed by atoms with E-state index < -0.39 is 0 Å². The van der Waals surface area contributed by atoms with E-state index in [0.717, 1.165) is 12.8 Å². The van der Waals surface area contributed by atoms with E-state index in [1.54, 1.807) is 24.3 Å². The number of carbonyl (C=O) groups is 2. The molecular formula is C17H24O4. The quantitative estimate of drug-likeness (QED) is 0.411. The average Bonchev–Trinajstić information content (AvgIpc) is 2.43. The van der Waals surface area contributed by atoms with Gasteiger partial charge in [-0.2, -0.15) is 0 Å². The summed E-state index contributed by atoms with van der Waals surface area (Å²) < 4.78 is 10.3. The summed E-state index contributed by atoms with van der Waals surface area (Å²) >= 11 is 0. The zero-order chi connectivity index (χ0) is 15.7. The van der Waals surface area contributed by atoms with Crippen LogP contribution in [0.15, 0.2) is 24.3 Å². The van der Waals surface area contributed by atoms with Crippen LogP contribution in [0.2, 0.25) is 0 Å². The Kier molecular flexibility index (Phi) is 7.51. The van der Waals surface area contributed by atoms with Crippen molar-refractivity contribution in [1.82, 2.24) is 0 Å². The third-order valence-corrected chi connectivity index (χ3v) is 3.12. The minimum Gasteiger partial charge on any atom is -0.459 e. The Hall–Kier alpha value is -1.84.